The van der Waals surface area contributed by atoms with Gasteiger partial charge in [0, 0.05) is 6.04 Å². The fourth-order valence-corrected chi connectivity index (χ4v) is 4.62. The largest absolute Gasteiger partial charge is 0.480 e. The maximum Gasteiger partial charge on any atom is 0.324 e. The number of nitrogens with zero attached hydrogens (tertiary/aromatic N) is 1. The number of carbonyl (C=O) groups is 1. The van der Waals surface area contributed by atoms with Crippen molar-refractivity contribution >= 4 is 5.97 Å². The number of likely N-dealkylation sites (tertiary alicyclic amines) is 1. The molecule has 1 saturated carbocycles. The first kappa shape index (κ1) is 15.8. The Morgan fingerprint density at radius 1 is 1.35 bits per heavy atom. The summed E-state index contributed by atoms with van der Waals surface area (Å²) in [7, 11) is 0. The van der Waals surface area contributed by atoms with E-state index in [1.807, 2.05) is 6.92 Å². The summed E-state index contributed by atoms with van der Waals surface area (Å²) in [5, 5.41) is 9.73. The van der Waals surface area contributed by atoms with Crippen molar-refractivity contribution in [2.24, 2.45) is 11.8 Å². The van der Waals surface area contributed by atoms with Crippen LogP contribution in [0.1, 0.15) is 72.1 Å². The summed E-state index contributed by atoms with van der Waals surface area (Å²) in [6, 6.07) is 0.506. The highest BCUT2D eigenvalue weighted by molar-refractivity contribution is 5.79. The van der Waals surface area contributed by atoms with Crippen LogP contribution in [0.5, 0.6) is 0 Å². The first-order valence-corrected chi connectivity index (χ1v) is 8.49. The molecular formula is C17H31NO2. The van der Waals surface area contributed by atoms with Gasteiger partial charge in [-0.05, 0) is 56.9 Å². The first-order chi connectivity index (χ1) is 9.49. The Morgan fingerprint density at radius 2 is 2.10 bits per heavy atom. The van der Waals surface area contributed by atoms with Crippen molar-refractivity contribution in [1.82, 2.24) is 4.90 Å². The lowest BCUT2D eigenvalue weighted by Gasteiger charge is -2.43. The smallest absolute Gasteiger partial charge is 0.324 e. The van der Waals surface area contributed by atoms with Crippen LogP contribution in [0.3, 0.4) is 0 Å². The predicted octanol–water partition coefficient (Wildman–Crippen LogP) is 3.92. The predicted molar refractivity (Wildman–Crippen MR) is 81.8 cm³/mol. The van der Waals surface area contributed by atoms with Gasteiger partial charge in [0.05, 0.1) is 0 Å². The van der Waals surface area contributed by atoms with Gasteiger partial charge in [-0.15, -0.1) is 0 Å². The highest BCUT2D eigenvalue weighted by Gasteiger charge is 2.49. The number of carboxylic acid groups (broad SMARTS) is 1. The van der Waals surface area contributed by atoms with Crippen LogP contribution in [-0.2, 0) is 4.79 Å². The Labute approximate surface area is 123 Å². The van der Waals surface area contributed by atoms with Gasteiger partial charge in [0.1, 0.15) is 5.54 Å². The number of hydrogen-bond acceptors (Lipinski definition) is 2. The van der Waals surface area contributed by atoms with Gasteiger partial charge in [-0.3, -0.25) is 9.69 Å². The molecule has 0 bridgehead atoms. The summed E-state index contributed by atoms with van der Waals surface area (Å²) in [6.07, 6.45) is 8.96. The molecule has 2 fully saturated rings. The van der Waals surface area contributed by atoms with Crippen molar-refractivity contribution in [3.05, 3.63) is 0 Å². The average molecular weight is 281 g/mol. The van der Waals surface area contributed by atoms with Gasteiger partial charge >= 0.3 is 5.97 Å². The third kappa shape index (κ3) is 3.03. The molecule has 0 amide bonds. The van der Waals surface area contributed by atoms with Gasteiger partial charge in [-0.1, -0.05) is 33.6 Å². The van der Waals surface area contributed by atoms with E-state index in [2.05, 4.69) is 18.7 Å². The van der Waals surface area contributed by atoms with Crippen LogP contribution < -0.4 is 0 Å². The molecule has 0 aromatic rings. The molecule has 0 radical (unpaired) electrons. The molecule has 1 N–H and O–H groups in total. The lowest BCUT2D eigenvalue weighted by Crippen LogP contribution is -2.55. The fourth-order valence-electron chi connectivity index (χ4n) is 4.62. The average Bonchev–Trinajstić information content (AvgIpc) is 2.83. The zero-order valence-electron chi connectivity index (χ0n) is 13.4. The molecule has 116 valence electrons. The van der Waals surface area contributed by atoms with E-state index < -0.39 is 11.5 Å². The number of carboxylic acids is 1. The SMILES string of the molecule is CCC1(C(=O)O)CCCN1C1CCCC(CC(C)C)C1. The molecule has 1 aliphatic carbocycles. The van der Waals surface area contributed by atoms with Crippen molar-refractivity contribution < 1.29 is 9.90 Å². The van der Waals surface area contributed by atoms with Crippen molar-refractivity contribution in [2.75, 3.05) is 6.54 Å². The van der Waals surface area contributed by atoms with Crippen molar-refractivity contribution in [1.29, 1.82) is 0 Å². The second-order valence-corrected chi connectivity index (χ2v) is 7.30. The van der Waals surface area contributed by atoms with Gasteiger partial charge in [0.2, 0.25) is 0 Å². The molecule has 3 atom stereocenters. The van der Waals surface area contributed by atoms with E-state index in [0.29, 0.717) is 6.04 Å². The van der Waals surface area contributed by atoms with E-state index in [1.165, 1.54) is 32.1 Å². The lowest BCUT2D eigenvalue weighted by atomic mass is 9.79. The van der Waals surface area contributed by atoms with Crippen LogP contribution in [0.2, 0.25) is 0 Å². The number of rotatable bonds is 5. The molecule has 0 aromatic heterocycles. The number of hydrogen-bond donors (Lipinski definition) is 1. The van der Waals surface area contributed by atoms with Crippen LogP contribution in [0, 0.1) is 11.8 Å². The fraction of sp³-hybridized carbons (Fsp3) is 0.941. The molecule has 1 aliphatic heterocycles. The molecule has 0 spiro atoms. The second kappa shape index (κ2) is 6.46. The van der Waals surface area contributed by atoms with E-state index in [0.717, 1.165) is 37.6 Å². The second-order valence-electron chi connectivity index (χ2n) is 7.30. The summed E-state index contributed by atoms with van der Waals surface area (Å²) in [5.74, 6) is 0.967. The molecule has 3 nitrogen and oxygen atoms in total. The summed E-state index contributed by atoms with van der Waals surface area (Å²) in [4.78, 5) is 14.2. The quantitative estimate of drug-likeness (QED) is 0.830. The van der Waals surface area contributed by atoms with E-state index in [9.17, 15) is 9.90 Å². The van der Waals surface area contributed by atoms with Crippen LogP contribution in [0.25, 0.3) is 0 Å². The van der Waals surface area contributed by atoms with Crippen molar-refractivity contribution in [2.45, 2.75) is 83.7 Å². The molecule has 0 aromatic carbocycles. The zero-order valence-corrected chi connectivity index (χ0v) is 13.4. The van der Waals surface area contributed by atoms with Crippen LogP contribution in [-0.4, -0.2) is 34.1 Å². The van der Waals surface area contributed by atoms with Gasteiger partial charge in [-0.2, -0.15) is 0 Å². The molecule has 2 aliphatic rings. The van der Waals surface area contributed by atoms with E-state index in [1.54, 1.807) is 0 Å². The van der Waals surface area contributed by atoms with Gasteiger partial charge < -0.3 is 5.11 Å². The van der Waals surface area contributed by atoms with Crippen LogP contribution in [0.4, 0.5) is 0 Å². The third-order valence-electron chi connectivity index (χ3n) is 5.52. The molecule has 1 saturated heterocycles. The standard InChI is InChI=1S/C17H31NO2/c1-4-17(16(19)20)9-6-10-18(17)15-8-5-7-14(12-15)11-13(2)3/h13-15H,4-12H2,1-3H3,(H,19,20). The Kier molecular flexibility index (Phi) is 5.11. The van der Waals surface area contributed by atoms with E-state index >= 15 is 0 Å². The van der Waals surface area contributed by atoms with Crippen LogP contribution >= 0.6 is 0 Å². The molecule has 20 heavy (non-hydrogen) atoms. The lowest BCUT2D eigenvalue weighted by molar-refractivity contribution is -0.152. The van der Waals surface area contributed by atoms with E-state index in [-0.39, 0.29) is 0 Å². The highest BCUT2D eigenvalue weighted by Crippen LogP contribution is 2.40. The maximum absolute atomic E-state index is 11.8. The maximum atomic E-state index is 11.8. The van der Waals surface area contributed by atoms with Crippen LogP contribution in [0.15, 0.2) is 0 Å². The minimum atomic E-state index is -0.594. The van der Waals surface area contributed by atoms with Gasteiger partial charge in [-0.25, -0.2) is 0 Å². The Balaban J connectivity index is 2.07. The monoisotopic (exact) mass is 281 g/mol. The summed E-state index contributed by atoms with van der Waals surface area (Å²) < 4.78 is 0. The zero-order chi connectivity index (χ0) is 14.8. The molecule has 3 heteroatoms. The minimum Gasteiger partial charge on any atom is -0.480 e. The third-order valence-corrected chi connectivity index (χ3v) is 5.52. The van der Waals surface area contributed by atoms with Crippen molar-refractivity contribution in [3.8, 4) is 0 Å². The Hall–Kier alpha value is -0.570. The highest BCUT2D eigenvalue weighted by atomic mass is 16.4. The Morgan fingerprint density at radius 3 is 2.70 bits per heavy atom. The van der Waals surface area contributed by atoms with Gasteiger partial charge in [0.25, 0.3) is 0 Å². The first-order valence-electron chi connectivity index (χ1n) is 8.49. The summed E-state index contributed by atoms with van der Waals surface area (Å²) >= 11 is 0. The molecular weight excluding hydrogens is 250 g/mol. The van der Waals surface area contributed by atoms with Gasteiger partial charge in [0.15, 0.2) is 0 Å². The summed E-state index contributed by atoms with van der Waals surface area (Å²) in [5.41, 5.74) is -0.565. The summed E-state index contributed by atoms with van der Waals surface area (Å²) in [6.45, 7) is 7.63. The minimum absolute atomic E-state index is 0.506. The number of aliphatic carboxylic acids is 1. The molecule has 2 rings (SSSR count). The normalized spacial score (nSPS) is 35.6. The van der Waals surface area contributed by atoms with E-state index in [4.69, 9.17) is 0 Å². The molecule has 3 unspecified atom stereocenters. The Bertz CT molecular complexity index is 342. The molecule has 1 heterocycles. The van der Waals surface area contributed by atoms with Crippen molar-refractivity contribution in [3.63, 3.8) is 0 Å². The topological polar surface area (TPSA) is 40.5 Å².